The van der Waals surface area contributed by atoms with E-state index in [1.807, 2.05) is 44.5 Å². The lowest BCUT2D eigenvalue weighted by atomic mass is 9.97. The summed E-state index contributed by atoms with van der Waals surface area (Å²) in [5.41, 5.74) is -0.162. The van der Waals surface area contributed by atoms with Crippen molar-refractivity contribution in [2.45, 2.75) is 52.2 Å². The number of carbonyl (C=O) groups excluding carboxylic acids is 1. The number of aliphatic hydroxyl groups is 1. The first-order valence-corrected chi connectivity index (χ1v) is 6.61. The van der Waals surface area contributed by atoms with Gasteiger partial charge in [0.2, 0.25) is 0 Å². The molecule has 0 aliphatic rings. The van der Waals surface area contributed by atoms with Gasteiger partial charge in [-0.1, -0.05) is 13.8 Å². The number of amides is 1. The lowest BCUT2D eigenvalue weighted by molar-refractivity contribution is 0.0312. The fourth-order valence-corrected chi connectivity index (χ4v) is 1.87. The van der Waals surface area contributed by atoms with Crippen LogP contribution < -0.4 is 5.32 Å². The van der Waals surface area contributed by atoms with Crippen LogP contribution in [-0.2, 0) is 0 Å². The predicted molar refractivity (Wildman–Crippen MR) is 72.7 cm³/mol. The lowest BCUT2D eigenvalue weighted by Gasteiger charge is -2.25. The Kier molecular flexibility index (Phi) is 4.96. The van der Waals surface area contributed by atoms with Gasteiger partial charge in [0.05, 0.1) is 5.60 Å². The van der Waals surface area contributed by atoms with Crippen LogP contribution in [0.15, 0.2) is 18.3 Å². The molecule has 0 bridgehead atoms. The third-order valence-corrected chi connectivity index (χ3v) is 3.46. The molecule has 4 heteroatoms. The molecule has 102 valence electrons. The van der Waals surface area contributed by atoms with Crippen molar-refractivity contribution in [3.8, 4) is 0 Å². The molecule has 1 aromatic heterocycles. The molecule has 0 saturated heterocycles. The molecule has 0 aliphatic carbocycles. The predicted octanol–water partition coefficient (Wildman–Crippen LogP) is 2.35. The van der Waals surface area contributed by atoms with Gasteiger partial charge < -0.3 is 15.0 Å². The Labute approximate surface area is 109 Å². The molecule has 1 amide bonds. The van der Waals surface area contributed by atoms with E-state index in [9.17, 15) is 9.90 Å². The zero-order chi connectivity index (χ0) is 13.8. The molecule has 0 aliphatic heterocycles. The van der Waals surface area contributed by atoms with Crippen LogP contribution in [-0.4, -0.2) is 27.7 Å². The highest BCUT2D eigenvalue weighted by molar-refractivity contribution is 5.92. The van der Waals surface area contributed by atoms with Crippen molar-refractivity contribution < 1.29 is 9.90 Å². The Morgan fingerprint density at radius 2 is 2.06 bits per heavy atom. The lowest BCUT2D eigenvalue weighted by Crippen LogP contribution is -2.42. The largest absolute Gasteiger partial charge is 0.388 e. The van der Waals surface area contributed by atoms with Crippen molar-refractivity contribution in [3.63, 3.8) is 0 Å². The fraction of sp³-hybridized carbons (Fsp3) is 0.643. The van der Waals surface area contributed by atoms with E-state index in [0.717, 1.165) is 0 Å². The molecule has 0 radical (unpaired) electrons. The fourth-order valence-electron chi connectivity index (χ4n) is 1.87. The Morgan fingerprint density at radius 1 is 1.44 bits per heavy atom. The van der Waals surface area contributed by atoms with Crippen LogP contribution in [0.4, 0.5) is 0 Å². The van der Waals surface area contributed by atoms with Crippen LogP contribution in [0.5, 0.6) is 0 Å². The first kappa shape index (κ1) is 14.8. The minimum atomic E-state index is -0.801. The standard InChI is InChI=1S/C14H24N2O2/c1-5-14(18,6-2)10-15-13(17)12-8-7-9-16(12)11(3)4/h7-9,11,18H,5-6,10H2,1-4H3,(H,15,17). The zero-order valence-corrected chi connectivity index (χ0v) is 11.7. The normalized spacial score (nSPS) is 11.9. The van der Waals surface area contributed by atoms with Crippen molar-refractivity contribution in [1.82, 2.24) is 9.88 Å². The highest BCUT2D eigenvalue weighted by Gasteiger charge is 2.23. The van der Waals surface area contributed by atoms with Crippen LogP contribution in [0, 0.1) is 0 Å². The van der Waals surface area contributed by atoms with Crippen LogP contribution in [0.2, 0.25) is 0 Å². The summed E-state index contributed by atoms with van der Waals surface area (Å²) in [7, 11) is 0. The molecular formula is C14H24N2O2. The monoisotopic (exact) mass is 252 g/mol. The average Bonchev–Trinajstić information content (AvgIpc) is 2.85. The Morgan fingerprint density at radius 3 is 2.56 bits per heavy atom. The Bertz CT molecular complexity index is 392. The van der Waals surface area contributed by atoms with Crippen LogP contribution >= 0.6 is 0 Å². The first-order chi connectivity index (χ1) is 8.43. The van der Waals surface area contributed by atoms with Crippen molar-refractivity contribution in [1.29, 1.82) is 0 Å². The summed E-state index contributed by atoms with van der Waals surface area (Å²) in [5.74, 6) is -0.131. The second kappa shape index (κ2) is 6.05. The van der Waals surface area contributed by atoms with Gasteiger partial charge in [-0.05, 0) is 38.8 Å². The SMILES string of the molecule is CCC(O)(CC)CNC(=O)c1cccn1C(C)C. The third-order valence-electron chi connectivity index (χ3n) is 3.46. The summed E-state index contributed by atoms with van der Waals surface area (Å²) < 4.78 is 1.92. The molecule has 1 rings (SSSR count). The van der Waals surface area contributed by atoms with E-state index in [0.29, 0.717) is 25.1 Å². The van der Waals surface area contributed by atoms with Crippen molar-refractivity contribution >= 4 is 5.91 Å². The van der Waals surface area contributed by atoms with E-state index in [-0.39, 0.29) is 11.9 Å². The molecule has 0 aromatic carbocycles. The highest BCUT2D eigenvalue weighted by atomic mass is 16.3. The first-order valence-electron chi connectivity index (χ1n) is 6.61. The van der Waals surface area contributed by atoms with E-state index in [4.69, 9.17) is 0 Å². The van der Waals surface area contributed by atoms with Crippen LogP contribution in [0.25, 0.3) is 0 Å². The van der Waals surface area contributed by atoms with Gasteiger partial charge in [-0.2, -0.15) is 0 Å². The van der Waals surface area contributed by atoms with Crippen molar-refractivity contribution in [2.24, 2.45) is 0 Å². The molecule has 18 heavy (non-hydrogen) atoms. The van der Waals surface area contributed by atoms with Gasteiger partial charge >= 0.3 is 0 Å². The van der Waals surface area contributed by atoms with E-state index in [1.54, 1.807) is 6.07 Å². The zero-order valence-electron chi connectivity index (χ0n) is 11.7. The number of nitrogens with one attached hydrogen (secondary N) is 1. The second-order valence-electron chi connectivity index (χ2n) is 5.01. The molecule has 4 nitrogen and oxygen atoms in total. The third kappa shape index (κ3) is 3.35. The molecule has 0 saturated carbocycles. The minimum Gasteiger partial charge on any atom is -0.388 e. The van der Waals surface area contributed by atoms with Gasteiger partial charge in [0, 0.05) is 18.8 Å². The molecular weight excluding hydrogens is 228 g/mol. The molecule has 1 aromatic rings. The Balaban J connectivity index is 2.69. The van der Waals surface area contributed by atoms with Crippen LogP contribution in [0.1, 0.15) is 57.1 Å². The van der Waals surface area contributed by atoms with Gasteiger partial charge in [0.25, 0.3) is 5.91 Å². The topological polar surface area (TPSA) is 54.3 Å². The molecule has 2 N–H and O–H groups in total. The summed E-state index contributed by atoms with van der Waals surface area (Å²) in [6, 6.07) is 3.91. The molecule has 0 spiro atoms. The maximum absolute atomic E-state index is 12.1. The second-order valence-corrected chi connectivity index (χ2v) is 5.01. The van der Waals surface area contributed by atoms with Crippen molar-refractivity contribution in [3.05, 3.63) is 24.0 Å². The maximum atomic E-state index is 12.1. The average molecular weight is 252 g/mol. The molecule has 0 unspecified atom stereocenters. The molecule has 0 fully saturated rings. The van der Waals surface area contributed by atoms with E-state index < -0.39 is 5.60 Å². The van der Waals surface area contributed by atoms with E-state index in [2.05, 4.69) is 5.32 Å². The summed E-state index contributed by atoms with van der Waals surface area (Å²) in [6.45, 7) is 8.21. The highest BCUT2D eigenvalue weighted by Crippen LogP contribution is 2.14. The van der Waals surface area contributed by atoms with Gasteiger partial charge in [-0.15, -0.1) is 0 Å². The summed E-state index contributed by atoms with van der Waals surface area (Å²) in [6.07, 6.45) is 3.16. The van der Waals surface area contributed by atoms with Gasteiger partial charge in [-0.25, -0.2) is 0 Å². The van der Waals surface area contributed by atoms with Crippen molar-refractivity contribution in [2.75, 3.05) is 6.54 Å². The van der Waals surface area contributed by atoms with Gasteiger partial charge in [-0.3, -0.25) is 4.79 Å². The quantitative estimate of drug-likeness (QED) is 0.816. The smallest absolute Gasteiger partial charge is 0.268 e. The summed E-state index contributed by atoms with van der Waals surface area (Å²) in [4.78, 5) is 12.1. The number of nitrogens with zero attached hydrogens (tertiary/aromatic N) is 1. The van der Waals surface area contributed by atoms with Crippen LogP contribution in [0.3, 0.4) is 0 Å². The maximum Gasteiger partial charge on any atom is 0.268 e. The summed E-state index contributed by atoms with van der Waals surface area (Å²) in [5, 5.41) is 12.9. The number of rotatable bonds is 6. The number of aromatic nitrogens is 1. The van der Waals surface area contributed by atoms with E-state index in [1.165, 1.54) is 0 Å². The number of carbonyl (C=O) groups is 1. The van der Waals surface area contributed by atoms with Gasteiger partial charge in [0.1, 0.15) is 5.69 Å². The number of hydrogen-bond acceptors (Lipinski definition) is 2. The van der Waals surface area contributed by atoms with E-state index >= 15 is 0 Å². The summed E-state index contributed by atoms with van der Waals surface area (Å²) >= 11 is 0. The van der Waals surface area contributed by atoms with Gasteiger partial charge in [0.15, 0.2) is 0 Å². The Hall–Kier alpha value is -1.29. The number of hydrogen-bond donors (Lipinski definition) is 2. The molecule has 1 heterocycles. The minimum absolute atomic E-state index is 0.131. The molecule has 0 atom stereocenters.